The predicted octanol–water partition coefficient (Wildman–Crippen LogP) is 2.83. The number of nitrogens with zero attached hydrogens (tertiary/aromatic N) is 3. The van der Waals surface area contributed by atoms with E-state index in [-0.39, 0.29) is 12.2 Å². The summed E-state index contributed by atoms with van der Waals surface area (Å²) in [5.74, 6) is -0.0175. The molecule has 0 unspecified atom stereocenters. The fraction of sp³-hybridized carbons (Fsp3) is 0.333. The van der Waals surface area contributed by atoms with Crippen LogP contribution in [0.15, 0.2) is 24.8 Å². The average Bonchev–Trinajstić information content (AvgIpc) is 3.26. The Labute approximate surface area is 127 Å². The number of halogens is 1. The molecule has 2 heterocycles. The van der Waals surface area contributed by atoms with E-state index in [1.165, 1.54) is 6.33 Å². The molecule has 108 valence electrons. The number of anilines is 1. The van der Waals surface area contributed by atoms with E-state index in [0.717, 1.165) is 24.1 Å². The zero-order valence-corrected chi connectivity index (χ0v) is 12.4. The quantitative estimate of drug-likeness (QED) is 0.679. The minimum Gasteiger partial charge on any atom is -0.382 e. The number of Topliss-reactive ketones (excluding diaryl/α,β-unsaturated/α-hetero) is 1. The molecule has 1 aliphatic carbocycles. The van der Waals surface area contributed by atoms with E-state index in [4.69, 9.17) is 11.6 Å². The zero-order valence-electron chi connectivity index (χ0n) is 11.6. The third-order valence-electron chi connectivity index (χ3n) is 3.45. The van der Waals surface area contributed by atoms with Crippen LogP contribution in [0.5, 0.6) is 0 Å². The van der Waals surface area contributed by atoms with Crippen LogP contribution in [0.1, 0.15) is 34.5 Å². The first kappa shape index (κ1) is 13.9. The number of hydrogen-bond donors (Lipinski definition) is 1. The molecule has 0 aromatic carbocycles. The molecular weight excluding hydrogens is 288 g/mol. The highest BCUT2D eigenvalue weighted by molar-refractivity contribution is 6.29. The average molecular weight is 303 g/mol. The van der Waals surface area contributed by atoms with Gasteiger partial charge >= 0.3 is 0 Å². The number of nitrogens with one attached hydrogen (secondary N) is 1. The fourth-order valence-electron chi connectivity index (χ4n) is 2.11. The lowest BCUT2D eigenvalue weighted by atomic mass is 10.0. The number of aryl methyl sites for hydroxylation is 1. The second kappa shape index (κ2) is 5.77. The van der Waals surface area contributed by atoms with Crippen molar-refractivity contribution < 1.29 is 4.79 Å². The number of carbonyl (C=O) groups excluding carboxylic acids is 1. The van der Waals surface area contributed by atoms with Crippen LogP contribution in [0.25, 0.3) is 0 Å². The number of aromatic nitrogens is 3. The monoisotopic (exact) mass is 302 g/mol. The molecule has 0 bridgehead atoms. The van der Waals surface area contributed by atoms with Gasteiger partial charge in [0.05, 0.1) is 11.3 Å². The van der Waals surface area contributed by atoms with Crippen molar-refractivity contribution in [3.05, 3.63) is 46.8 Å². The van der Waals surface area contributed by atoms with Crippen molar-refractivity contribution in [2.45, 2.75) is 32.2 Å². The molecule has 3 rings (SSSR count). The van der Waals surface area contributed by atoms with Gasteiger partial charge in [-0.25, -0.2) is 15.0 Å². The van der Waals surface area contributed by atoms with Crippen LogP contribution in [0.4, 0.5) is 5.69 Å². The third-order valence-corrected chi connectivity index (χ3v) is 3.66. The zero-order chi connectivity index (χ0) is 14.8. The summed E-state index contributed by atoms with van der Waals surface area (Å²) in [6.07, 6.45) is 7.22. The maximum atomic E-state index is 12.4. The summed E-state index contributed by atoms with van der Waals surface area (Å²) in [5.41, 5.74) is 2.97. The molecule has 0 atom stereocenters. The van der Waals surface area contributed by atoms with E-state index in [0.29, 0.717) is 22.5 Å². The minimum atomic E-state index is -0.0175. The number of ketones is 1. The van der Waals surface area contributed by atoms with Crippen LogP contribution in [-0.2, 0) is 6.42 Å². The summed E-state index contributed by atoms with van der Waals surface area (Å²) < 4.78 is 0. The van der Waals surface area contributed by atoms with Gasteiger partial charge in [-0.05, 0) is 25.8 Å². The molecule has 2 aromatic rings. The van der Waals surface area contributed by atoms with Crippen LogP contribution < -0.4 is 5.32 Å². The number of hydrogen-bond acceptors (Lipinski definition) is 5. The minimum absolute atomic E-state index is 0.0175. The van der Waals surface area contributed by atoms with Gasteiger partial charge in [-0.3, -0.25) is 4.79 Å². The molecule has 0 radical (unpaired) electrons. The predicted molar refractivity (Wildman–Crippen MR) is 80.7 cm³/mol. The van der Waals surface area contributed by atoms with Crippen molar-refractivity contribution in [2.24, 2.45) is 0 Å². The lowest BCUT2D eigenvalue weighted by Crippen LogP contribution is -2.11. The summed E-state index contributed by atoms with van der Waals surface area (Å²) in [4.78, 5) is 24.5. The molecule has 2 aromatic heterocycles. The number of pyridine rings is 1. The van der Waals surface area contributed by atoms with E-state index in [1.807, 2.05) is 0 Å². The van der Waals surface area contributed by atoms with Crippen molar-refractivity contribution in [3.63, 3.8) is 0 Å². The van der Waals surface area contributed by atoms with E-state index >= 15 is 0 Å². The normalized spacial score (nSPS) is 14.0. The Morgan fingerprint density at radius 3 is 2.90 bits per heavy atom. The molecule has 0 aliphatic heterocycles. The molecule has 21 heavy (non-hydrogen) atoms. The standard InChI is InChI=1S/C15H15ClN4O/c1-9-12(7-17-8-19-9)14(21)4-10-6-18-15(16)5-13(10)20-11-2-3-11/h5-8,11H,2-4H2,1H3,(H,18,20). The molecule has 1 fully saturated rings. The SMILES string of the molecule is Cc1ncncc1C(=O)Cc1cnc(Cl)cc1NC1CC1. The van der Waals surface area contributed by atoms with Crippen LogP contribution >= 0.6 is 11.6 Å². The van der Waals surface area contributed by atoms with Crippen LogP contribution in [0.3, 0.4) is 0 Å². The van der Waals surface area contributed by atoms with Crippen molar-refractivity contribution in [2.75, 3.05) is 5.32 Å². The van der Waals surface area contributed by atoms with Gasteiger partial charge in [0, 0.05) is 36.1 Å². The number of rotatable bonds is 5. The van der Waals surface area contributed by atoms with Gasteiger partial charge in [0.15, 0.2) is 5.78 Å². The Morgan fingerprint density at radius 2 is 2.19 bits per heavy atom. The van der Waals surface area contributed by atoms with Crippen molar-refractivity contribution in [1.29, 1.82) is 0 Å². The summed E-state index contributed by atoms with van der Waals surface area (Å²) in [6, 6.07) is 2.26. The Balaban J connectivity index is 1.83. The first-order chi connectivity index (χ1) is 10.1. The Bertz CT molecular complexity index is 685. The maximum absolute atomic E-state index is 12.4. The number of carbonyl (C=O) groups is 1. The van der Waals surface area contributed by atoms with Gasteiger partial charge in [0.2, 0.25) is 0 Å². The Kier molecular flexibility index (Phi) is 3.84. The third kappa shape index (κ3) is 3.36. The highest BCUT2D eigenvalue weighted by Gasteiger charge is 2.23. The molecule has 1 saturated carbocycles. The molecule has 1 N–H and O–H groups in total. The van der Waals surface area contributed by atoms with Gasteiger partial charge in [0.1, 0.15) is 11.5 Å². The lowest BCUT2D eigenvalue weighted by molar-refractivity contribution is 0.0991. The highest BCUT2D eigenvalue weighted by atomic mass is 35.5. The Morgan fingerprint density at radius 1 is 1.38 bits per heavy atom. The first-order valence-corrected chi connectivity index (χ1v) is 7.22. The summed E-state index contributed by atoms with van der Waals surface area (Å²) in [6.45, 7) is 1.80. The second-order valence-corrected chi connectivity index (χ2v) is 5.59. The van der Waals surface area contributed by atoms with E-state index in [1.54, 1.807) is 25.4 Å². The lowest BCUT2D eigenvalue weighted by Gasteiger charge is -2.11. The van der Waals surface area contributed by atoms with E-state index < -0.39 is 0 Å². The van der Waals surface area contributed by atoms with E-state index in [2.05, 4.69) is 20.3 Å². The van der Waals surface area contributed by atoms with Gasteiger partial charge in [0.25, 0.3) is 0 Å². The molecular formula is C15H15ClN4O. The van der Waals surface area contributed by atoms with E-state index in [9.17, 15) is 4.79 Å². The largest absolute Gasteiger partial charge is 0.382 e. The van der Waals surface area contributed by atoms with Crippen molar-refractivity contribution in [3.8, 4) is 0 Å². The first-order valence-electron chi connectivity index (χ1n) is 6.84. The molecule has 5 nitrogen and oxygen atoms in total. The summed E-state index contributed by atoms with van der Waals surface area (Å²) in [7, 11) is 0. The molecule has 0 spiro atoms. The van der Waals surface area contributed by atoms with Crippen LogP contribution in [0.2, 0.25) is 5.15 Å². The summed E-state index contributed by atoms with van der Waals surface area (Å²) in [5, 5.41) is 3.81. The van der Waals surface area contributed by atoms with Gasteiger partial charge in [-0.2, -0.15) is 0 Å². The maximum Gasteiger partial charge on any atom is 0.170 e. The molecule has 1 aliphatic rings. The Hall–Kier alpha value is -2.01. The van der Waals surface area contributed by atoms with Crippen LogP contribution in [-0.4, -0.2) is 26.8 Å². The molecule has 0 saturated heterocycles. The van der Waals surface area contributed by atoms with Gasteiger partial charge in [-0.1, -0.05) is 11.6 Å². The fourth-order valence-corrected chi connectivity index (χ4v) is 2.27. The highest BCUT2D eigenvalue weighted by Crippen LogP contribution is 2.28. The van der Waals surface area contributed by atoms with Gasteiger partial charge in [-0.15, -0.1) is 0 Å². The molecule has 0 amide bonds. The topological polar surface area (TPSA) is 67.8 Å². The summed E-state index contributed by atoms with van der Waals surface area (Å²) >= 11 is 5.94. The van der Waals surface area contributed by atoms with Crippen molar-refractivity contribution >= 4 is 23.1 Å². The second-order valence-electron chi connectivity index (χ2n) is 5.20. The molecule has 6 heteroatoms. The smallest absolute Gasteiger partial charge is 0.170 e. The van der Waals surface area contributed by atoms with Gasteiger partial charge < -0.3 is 5.32 Å². The van der Waals surface area contributed by atoms with Crippen LogP contribution in [0, 0.1) is 6.92 Å². The van der Waals surface area contributed by atoms with Crippen molar-refractivity contribution in [1.82, 2.24) is 15.0 Å².